The number of carbonyl (C=O) groups is 1. The number of nitrogens with one attached hydrogen (secondary N) is 1. The fourth-order valence-electron chi connectivity index (χ4n) is 2.98. The lowest BCUT2D eigenvalue weighted by atomic mass is 10.1. The smallest absolute Gasteiger partial charge is 0.407 e. The van der Waals surface area contributed by atoms with Gasteiger partial charge >= 0.3 is 6.09 Å². The van der Waals surface area contributed by atoms with Crippen molar-refractivity contribution in [2.24, 2.45) is 5.92 Å². The van der Waals surface area contributed by atoms with E-state index < -0.39 is 18.2 Å². The lowest BCUT2D eigenvalue weighted by Crippen LogP contribution is -2.41. The monoisotopic (exact) mass is 352 g/mol. The molecule has 1 fully saturated rings. The number of aliphatic hydroxyl groups is 1. The highest BCUT2D eigenvalue weighted by molar-refractivity contribution is 5.72. The molecule has 26 heavy (non-hydrogen) atoms. The summed E-state index contributed by atoms with van der Waals surface area (Å²) in [7, 11) is 0. The van der Waals surface area contributed by atoms with Crippen LogP contribution in [-0.4, -0.2) is 22.2 Å². The van der Waals surface area contributed by atoms with Crippen LogP contribution in [0, 0.1) is 5.92 Å². The molecule has 4 rings (SSSR count). The predicted octanol–water partition coefficient (Wildman–Crippen LogP) is 3.57. The standard InChI is InChI=1S/C20H20N2O4/c23-18(19-21-15-8-4-5-9-16(15)26-19)17(14-10-11-14)22-20(24)25-12-13-6-2-1-3-7-13/h1-9,14,17-18,23H,10-12H2,(H,22,24)/t17-,18?/m0/s1. The fraction of sp³-hybridized carbons (Fsp3) is 0.300. The fourth-order valence-corrected chi connectivity index (χ4v) is 2.98. The van der Waals surface area contributed by atoms with Crippen LogP contribution in [-0.2, 0) is 11.3 Å². The molecule has 134 valence electrons. The minimum absolute atomic E-state index is 0.184. The number of hydrogen-bond acceptors (Lipinski definition) is 5. The Morgan fingerprint density at radius 2 is 1.92 bits per heavy atom. The molecule has 1 amide bonds. The molecule has 1 aromatic heterocycles. The van der Waals surface area contributed by atoms with Crippen molar-refractivity contribution in [1.82, 2.24) is 10.3 Å². The van der Waals surface area contributed by atoms with Crippen LogP contribution in [0.1, 0.15) is 30.4 Å². The van der Waals surface area contributed by atoms with Crippen LogP contribution in [0.5, 0.6) is 0 Å². The number of rotatable bonds is 6. The molecule has 1 aliphatic rings. The van der Waals surface area contributed by atoms with Crippen LogP contribution in [0.25, 0.3) is 11.1 Å². The summed E-state index contributed by atoms with van der Waals surface area (Å²) in [6.45, 7) is 0.184. The second-order valence-electron chi connectivity index (χ2n) is 6.53. The van der Waals surface area contributed by atoms with E-state index in [0.717, 1.165) is 18.4 Å². The van der Waals surface area contributed by atoms with Gasteiger partial charge < -0.3 is 19.6 Å². The highest BCUT2D eigenvalue weighted by Crippen LogP contribution is 2.38. The quantitative estimate of drug-likeness (QED) is 0.708. The highest BCUT2D eigenvalue weighted by Gasteiger charge is 2.40. The molecule has 1 aliphatic carbocycles. The van der Waals surface area contributed by atoms with Crippen molar-refractivity contribution >= 4 is 17.2 Å². The maximum atomic E-state index is 12.2. The van der Waals surface area contributed by atoms with Gasteiger partial charge in [-0.1, -0.05) is 42.5 Å². The van der Waals surface area contributed by atoms with Crippen LogP contribution in [0.4, 0.5) is 4.79 Å². The SMILES string of the molecule is O=C(N[C@@H](C1CC1)C(O)c1nc2ccccc2o1)OCc1ccccc1. The molecule has 2 aromatic carbocycles. The Morgan fingerprint density at radius 3 is 2.65 bits per heavy atom. The van der Waals surface area contributed by atoms with E-state index in [9.17, 15) is 9.90 Å². The van der Waals surface area contributed by atoms with Crippen molar-refractivity contribution in [3.63, 3.8) is 0 Å². The summed E-state index contributed by atoms with van der Waals surface area (Å²) in [6, 6.07) is 16.3. The largest absolute Gasteiger partial charge is 0.445 e. The molecule has 0 bridgehead atoms. The first-order valence-electron chi connectivity index (χ1n) is 8.71. The van der Waals surface area contributed by atoms with Crippen molar-refractivity contribution in [2.75, 3.05) is 0 Å². The molecular formula is C20H20N2O4. The van der Waals surface area contributed by atoms with Gasteiger partial charge in [-0.2, -0.15) is 0 Å². The normalized spacial score (nSPS) is 16.2. The zero-order valence-corrected chi connectivity index (χ0v) is 14.2. The molecule has 1 unspecified atom stereocenters. The summed E-state index contributed by atoms with van der Waals surface area (Å²) < 4.78 is 10.9. The molecule has 2 atom stereocenters. The number of aliphatic hydroxyl groups excluding tert-OH is 1. The summed E-state index contributed by atoms with van der Waals surface area (Å²) in [4.78, 5) is 16.5. The van der Waals surface area contributed by atoms with Crippen LogP contribution in [0.15, 0.2) is 59.0 Å². The minimum atomic E-state index is -1.01. The average Bonchev–Trinajstić information content (AvgIpc) is 3.42. The zero-order chi connectivity index (χ0) is 17.9. The Bertz CT molecular complexity index is 856. The van der Waals surface area contributed by atoms with Gasteiger partial charge in [-0.25, -0.2) is 9.78 Å². The van der Waals surface area contributed by atoms with Crippen molar-refractivity contribution < 1.29 is 19.1 Å². The summed E-state index contributed by atoms with van der Waals surface area (Å²) in [5, 5.41) is 13.5. The Kier molecular flexibility index (Phi) is 4.58. The molecule has 0 saturated heterocycles. The minimum Gasteiger partial charge on any atom is -0.445 e. The van der Waals surface area contributed by atoms with Crippen LogP contribution in [0.2, 0.25) is 0 Å². The molecular weight excluding hydrogens is 332 g/mol. The number of hydrogen-bond donors (Lipinski definition) is 2. The van der Waals surface area contributed by atoms with E-state index >= 15 is 0 Å². The van der Waals surface area contributed by atoms with Gasteiger partial charge in [0.05, 0.1) is 6.04 Å². The Labute approximate surface area is 150 Å². The summed E-state index contributed by atoms with van der Waals surface area (Å²) >= 11 is 0. The molecule has 6 nitrogen and oxygen atoms in total. The van der Waals surface area contributed by atoms with Crippen molar-refractivity contribution in [2.45, 2.75) is 31.6 Å². The first-order valence-corrected chi connectivity index (χ1v) is 8.71. The topological polar surface area (TPSA) is 84.6 Å². The first kappa shape index (κ1) is 16.6. The summed E-state index contributed by atoms with van der Waals surface area (Å²) in [6.07, 6.45) is 0.321. The van der Waals surface area contributed by atoms with Gasteiger partial charge in [0.25, 0.3) is 0 Å². The number of carbonyl (C=O) groups excluding carboxylic acids is 1. The van der Waals surface area contributed by atoms with Gasteiger partial charge in [-0.3, -0.25) is 0 Å². The molecule has 1 heterocycles. The second-order valence-corrected chi connectivity index (χ2v) is 6.53. The van der Waals surface area contributed by atoms with Crippen LogP contribution in [0.3, 0.4) is 0 Å². The van der Waals surface area contributed by atoms with Gasteiger partial charge in [0.15, 0.2) is 11.7 Å². The van der Waals surface area contributed by atoms with Crippen molar-refractivity contribution in [1.29, 1.82) is 0 Å². The predicted molar refractivity (Wildman–Crippen MR) is 95.2 cm³/mol. The highest BCUT2D eigenvalue weighted by atomic mass is 16.5. The Balaban J connectivity index is 1.42. The molecule has 0 radical (unpaired) electrons. The Morgan fingerprint density at radius 1 is 1.19 bits per heavy atom. The van der Waals surface area contributed by atoms with E-state index in [4.69, 9.17) is 9.15 Å². The number of nitrogens with zero attached hydrogens (tertiary/aromatic N) is 1. The number of fused-ring (bicyclic) bond motifs is 1. The third kappa shape index (κ3) is 3.70. The first-order chi connectivity index (χ1) is 12.7. The number of amides is 1. The van der Waals surface area contributed by atoms with E-state index in [-0.39, 0.29) is 18.4 Å². The van der Waals surface area contributed by atoms with Gasteiger partial charge in [-0.15, -0.1) is 0 Å². The number of alkyl carbamates (subject to hydrolysis) is 1. The lowest BCUT2D eigenvalue weighted by molar-refractivity contribution is 0.0788. The zero-order valence-electron chi connectivity index (χ0n) is 14.2. The maximum Gasteiger partial charge on any atom is 0.407 e. The van der Waals surface area contributed by atoms with E-state index in [1.54, 1.807) is 6.07 Å². The second kappa shape index (κ2) is 7.17. The molecule has 0 aliphatic heterocycles. The number of aromatic nitrogens is 1. The average molecular weight is 352 g/mol. The van der Waals surface area contributed by atoms with E-state index in [1.807, 2.05) is 48.5 Å². The van der Waals surface area contributed by atoms with E-state index in [2.05, 4.69) is 10.3 Å². The van der Waals surface area contributed by atoms with Crippen molar-refractivity contribution in [3.8, 4) is 0 Å². The number of ether oxygens (including phenoxy) is 1. The number of para-hydroxylation sites is 2. The molecule has 0 spiro atoms. The van der Waals surface area contributed by atoms with Gasteiger partial charge in [0, 0.05) is 0 Å². The van der Waals surface area contributed by atoms with E-state index in [0.29, 0.717) is 11.1 Å². The molecule has 2 N–H and O–H groups in total. The van der Waals surface area contributed by atoms with E-state index in [1.165, 1.54) is 0 Å². The van der Waals surface area contributed by atoms with Gasteiger partial charge in [-0.05, 0) is 36.5 Å². The lowest BCUT2D eigenvalue weighted by Gasteiger charge is -2.21. The third-order valence-electron chi connectivity index (χ3n) is 4.53. The third-order valence-corrected chi connectivity index (χ3v) is 4.53. The van der Waals surface area contributed by atoms with Crippen LogP contribution < -0.4 is 5.32 Å². The number of benzene rings is 2. The van der Waals surface area contributed by atoms with Gasteiger partial charge in [0.2, 0.25) is 5.89 Å². The number of oxazole rings is 1. The Hall–Kier alpha value is -2.86. The van der Waals surface area contributed by atoms with Gasteiger partial charge in [0.1, 0.15) is 12.1 Å². The summed E-state index contributed by atoms with van der Waals surface area (Å²) in [5.41, 5.74) is 2.20. The molecule has 6 heteroatoms. The molecule has 1 saturated carbocycles. The van der Waals surface area contributed by atoms with Crippen LogP contribution >= 0.6 is 0 Å². The van der Waals surface area contributed by atoms with Crippen molar-refractivity contribution in [3.05, 3.63) is 66.1 Å². The molecule has 3 aromatic rings. The maximum absolute atomic E-state index is 12.2. The summed E-state index contributed by atoms with van der Waals surface area (Å²) in [5.74, 6) is 0.413.